The third-order valence-corrected chi connectivity index (χ3v) is 4.18. The minimum absolute atomic E-state index is 0.136. The van der Waals surface area contributed by atoms with E-state index < -0.39 is 11.0 Å². The van der Waals surface area contributed by atoms with E-state index in [4.69, 9.17) is 4.18 Å². The van der Waals surface area contributed by atoms with Crippen molar-refractivity contribution < 1.29 is 12.6 Å². The van der Waals surface area contributed by atoms with E-state index in [9.17, 15) is 8.42 Å². The summed E-state index contributed by atoms with van der Waals surface area (Å²) in [6, 6.07) is 20.6. The molecule has 3 rings (SSSR count). The maximum atomic E-state index is 10.6. The van der Waals surface area contributed by atoms with Crippen LogP contribution in [0.3, 0.4) is 0 Å². The standard InChI is InChI=1S/C16H17NO3S/c18-21(19)20-15-11-17(12-15)16(13-7-3-1-4-8-13)14-9-5-2-6-10-14/h1-10,15-16,21H,11-12H2. The molecule has 1 aliphatic rings. The Hall–Kier alpha value is -1.69. The molecule has 1 fully saturated rings. The van der Waals surface area contributed by atoms with Crippen LogP contribution in [0.2, 0.25) is 0 Å². The molecule has 1 aliphatic heterocycles. The average Bonchev–Trinajstić information content (AvgIpc) is 2.47. The number of likely N-dealkylation sites (tertiary alicyclic amines) is 1. The lowest BCUT2D eigenvalue weighted by Gasteiger charge is -2.43. The molecule has 0 amide bonds. The predicted molar refractivity (Wildman–Crippen MR) is 81.5 cm³/mol. The minimum Gasteiger partial charge on any atom is -0.287 e. The van der Waals surface area contributed by atoms with E-state index in [1.54, 1.807) is 0 Å². The van der Waals surface area contributed by atoms with E-state index in [1.807, 2.05) is 36.4 Å². The molecule has 110 valence electrons. The van der Waals surface area contributed by atoms with Crippen molar-refractivity contribution >= 4 is 11.0 Å². The Morgan fingerprint density at radius 2 is 1.38 bits per heavy atom. The Morgan fingerprint density at radius 3 is 1.81 bits per heavy atom. The predicted octanol–water partition coefficient (Wildman–Crippen LogP) is 2.00. The topological polar surface area (TPSA) is 46.6 Å². The largest absolute Gasteiger partial charge is 0.287 e. The molecule has 0 radical (unpaired) electrons. The van der Waals surface area contributed by atoms with Gasteiger partial charge in [-0.05, 0) is 11.1 Å². The first-order chi connectivity index (χ1) is 10.2. The van der Waals surface area contributed by atoms with Gasteiger partial charge in [0.1, 0.15) is 6.10 Å². The van der Waals surface area contributed by atoms with Crippen molar-refractivity contribution in [2.45, 2.75) is 12.1 Å². The van der Waals surface area contributed by atoms with Gasteiger partial charge in [-0.3, -0.25) is 9.08 Å². The fraction of sp³-hybridized carbons (Fsp3) is 0.250. The number of hydrogen-bond donors (Lipinski definition) is 1. The summed E-state index contributed by atoms with van der Waals surface area (Å²) in [5.74, 6) is 0. The van der Waals surface area contributed by atoms with Crippen molar-refractivity contribution in [3.63, 3.8) is 0 Å². The van der Waals surface area contributed by atoms with Crippen molar-refractivity contribution in [1.29, 1.82) is 0 Å². The van der Waals surface area contributed by atoms with Gasteiger partial charge in [0.2, 0.25) is 0 Å². The van der Waals surface area contributed by atoms with Gasteiger partial charge in [-0.1, -0.05) is 60.7 Å². The van der Waals surface area contributed by atoms with Gasteiger partial charge >= 0.3 is 0 Å². The van der Waals surface area contributed by atoms with Crippen LogP contribution in [0.1, 0.15) is 17.2 Å². The lowest BCUT2D eigenvalue weighted by molar-refractivity contribution is 0.00695. The highest BCUT2D eigenvalue weighted by molar-refractivity contribution is 7.67. The Morgan fingerprint density at radius 1 is 0.905 bits per heavy atom. The van der Waals surface area contributed by atoms with Crippen LogP contribution in [0.15, 0.2) is 60.7 Å². The lowest BCUT2D eigenvalue weighted by atomic mass is 9.94. The number of rotatable bonds is 5. The molecule has 0 bridgehead atoms. The molecule has 0 saturated carbocycles. The van der Waals surface area contributed by atoms with Crippen molar-refractivity contribution in [2.75, 3.05) is 13.1 Å². The molecule has 2 aromatic carbocycles. The molecule has 0 N–H and O–H groups in total. The van der Waals surface area contributed by atoms with Crippen LogP contribution >= 0.6 is 0 Å². The molecular weight excluding hydrogens is 286 g/mol. The molecular formula is C16H17NO3S. The first-order valence-corrected chi connectivity index (χ1v) is 7.98. The number of hydrogen-bond acceptors (Lipinski definition) is 4. The van der Waals surface area contributed by atoms with Gasteiger partial charge in [0.15, 0.2) is 0 Å². The van der Waals surface area contributed by atoms with E-state index >= 15 is 0 Å². The molecule has 0 atom stereocenters. The fourth-order valence-corrected chi connectivity index (χ4v) is 3.13. The molecule has 1 heterocycles. The van der Waals surface area contributed by atoms with Crippen LogP contribution in [0.25, 0.3) is 0 Å². The van der Waals surface area contributed by atoms with E-state index in [-0.39, 0.29) is 12.1 Å². The number of nitrogens with zero attached hydrogens (tertiary/aromatic N) is 1. The monoisotopic (exact) mass is 303 g/mol. The van der Waals surface area contributed by atoms with Crippen molar-refractivity contribution in [3.05, 3.63) is 71.8 Å². The third-order valence-electron chi connectivity index (χ3n) is 3.71. The van der Waals surface area contributed by atoms with Crippen LogP contribution in [0.4, 0.5) is 0 Å². The fourth-order valence-electron chi connectivity index (χ4n) is 2.75. The summed E-state index contributed by atoms with van der Waals surface area (Å²) in [6.45, 7) is 1.25. The average molecular weight is 303 g/mol. The quantitative estimate of drug-likeness (QED) is 0.858. The first-order valence-electron chi connectivity index (χ1n) is 6.89. The molecule has 0 aliphatic carbocycles. The van der Waals surface area contributed by atoms with Crippen molar-refractivity contribution in [3.8, 4) is 0 Å². The maximum Gasteiger partial charge on any atom is 0.257 e. The van der Waals surface area contributed by atoms with Gasteiger partial charge in [0.25, 0.3) is 11.0 Å². The highest BCUT2D eigenvalue weighted by Crippen LogP contribution is 2.32. The van der Waals surface area contributed by atoms with Gasteiger partial charge < -0.3 is 0 Å². The second-order valence-corrected chi connectivity index (χ2v) is 5.79. The normalized spacial score (nSPS) is 16.3. The van der Waals surface area contributed by atoms with Gasteiger partial charge in [0.05, 0.1) is 6.04 Å². The van der Waals surface area contributed by atoms with Crippen LogP contribution in [-0.2, 0) is 15.2 Å². The Kier molecular flexibility index (Phi) is 4.34. The van der Waals surface area contributed by atoms with Crippen LogP contribution in [0, 0.1) is 0 Å². The molecule has 21 heavy (non-hydrogen) atoms. The van der Waals surface area contributed by atoms with Crippen molar-refractivity contribution in [1.82, 2.24) is 4.90 Å². The maximum absolute atomic E-state index is 10.6. The second kappa shape index (κ2) is 6.39. The van der Waals surface area contributed by atoms with E-state index in [0.717, 1.165) is 0 Å². The molecule has 2 aromatic rings. The summed E-state index contributed by atoms with van der Waals surface area (Å²) in [6.07, 6.45) is -0.221. The Balaban J connectivity index is 1.82. The summed E-state index contributed by atoms with van der Waals surface area (Å²) in [5, 5.41) is 0. The SMILES string of the molecule is O=[SH](=O)OC1CN(C(c2ccccc2)c2ccccc2)C1. The van der Waals surface area contributed by atoms with Crippen LogP contribution in [0.5, 0.6) is 0 Å². The summed E-state index contributed by atoms with van der Waals surface area (Å²) in [4.78, 5) is 2.23. The lowest BCUT2D eigenvalue weighted by Crippen LogP contribution is -2.53. The van der Waals surface area contributed by atoms with Gasteiger partial charge in [0, 0.05) is 13.1 Å². The van der Waals surface area contributed by atoms with E-state index in [0.29, 0.717) is 13.1 Å². The molecule has 0 aromatic heterocycles. The molecule has 5 heteroatoms. The highest BCUT2D eigenvalue weighted by atomic mass is 32.2. The van der Waals surface area contributed by atoms with Gasteiger partial charge in [-0.25, -0.2) is 8.42 Å². The molecule has 4 nitrogen and oxygen atoms in total. The third kappa shape index (κ3) is 3.32. The highest BCUT2D eigenvalue weighted by Gasteiger charge is 2.35. The van der Waals surface area contributed by atoms with Crippen LogP contribution in [-0.4, -0.2) is 32.5 Å². The summed E-state index contributed by atoms with van der Waals surface area (Å²) >= 11 is 0. The molecule has 1 saturated heterocycles. The van der Waals surface area contributed by atoms with Gasteiger partial charge in [-0.15, -0.1) is 0 Å². The zero-order chi connectivity index (χ0) is 14.7. The van der Waals surface area contributed by atoms with Crippen molar-refractivity contribution in [2.24, 2.45) is 0 Å². The number of benzene rings is 2. The zero-order valence-electron chi connectivity index (χ0n) is 11.5. The van der Waals surface area contributed by atoms with Crippen LogP contribution < -0.4 is 0 Å². The summed E-state index contributed by atoms with van der Waals surface area (Å²) in [5.41, 5.74) is 2.40. The molecule has 0 spiro atoms. The van der Waals surface area contributed by atoms with Gasteiger partial charge in [-0.2, -0.15) is 0 Å². The Labute approximate surface area is 126 Å². The Bertz CT molecular complexity index is 604. The zero-order valence-corrected chi connectivity index (χ0v) is 12.4. The summed E-state index contributed by atoms with van der Waals surface area (Å²) < 4.78 is 26.1. The summed E-state index contributed by atoms with van der Waals surface area (Å²) in [7, 11) is -2.77. The van der Waals surface area contributed by atoms with E-state index in [2.05, 4.69) is 29.2 Å². The van der Waals surface area contributed by atoms with E-state index in [1.165, 1.54) is 11.1 Å². The smallest absolute Gasteiger partial charge is 0.257 e. The minimum atomic E-state index is -2.77. The number of thiol groups is 1. The molecule has 0 unspecified atom stereocenters. The first kappa shape index (κ1) is 14.3. The second-order valence-electron chi connectivity index (χ2n) is 5.13.